The fourth-order valence-electron chi connectivity index (χ4n) is 2.79. The highest BCUT2D eigenvalue weighted by Gasteiger charge is 2.15. The standard InChI is InChI=1S/C16H34N4/c1-12(2)18-16(19-13(3)4)20-15(17)11-10-14-8-6-5-7-9-14/h12-15H,5-11,17H2,1-4H3,(H2,18,19,20). The zero-order chi connectivity index (χ0) is 15.0. The van der Waals surface area contributed by atoms with E-state index in [4.69, 9.17) is 5.73 Å². The molecule has 0 aromatic rings. The number of nitrogens with one attached hydrogen (secondary N) is 2. The maximum absolute atomic E-state index is 6.21. The van der Waals surface area contributed by atoms with Crippen LogP contribution in [-0.4, -0.2) is 24.2 Å². The zero-order valence-corrected chi connectivity index (χ0v) is 13.8. The molecule has 0 aromatic carbocycles. The second-order valence-electron chi connectivity index (χ2n) is 6.70. The van der Waals surface area contributed by atoms with Crippen LogP contribution in [0.4, 0.5) is 0 Å². The van der Waals surface area contributed by atoms with Crippen LogP contribution < -0.4 is 16.4 Å². The van der Waals surface area contributed by atoms with Gasteiger partial charge in [0.25, 0.3) is 0 Å². The summed E-state index contributed by atoms with van der Waals surface area (Å²) >= 11 is 0. The highest BCUT2D eigenvalue weighted by molar-refractivity contribution is 5.80. The molecule has 0 aliphatic heterocycles. The van der Waals surface area contributed by atoms with Crippen molar-refractivity contribution >= 4 is 5.96 Å². The second kappa shape index (κ2) is 9.22. The third-order valence-electron chi connectivity index (χ3n) is 3.75. The average Bonchev–Trinajstić information content (AvgIpc) is 2.36. The summed E-state index contributed by atoms with van der Waals surface area (Å²) in [6.45, 7) is 8.39. The van der Waals surface area contributed by atoms with E-state index in [2.05, 4.69) is 43.3 Å². The van der Waals surface area contributed by atoms with Gasteiger partial charge in [0.05, 0.1) is 6.17 Å². The van der Waals surface area contributed by atoms with Crippen LogP contribution in [0.15, 0.2) is 4.99 Å². The van der Waals surface area contributed by atoms with E-state index in [9.17, 15) is 0 Å². The summed E-state index contributed by atoms with van der Waals surface area (Å²) < 4.78 is 0. The molecular weight excluding hydrogens is 248 g/mol. The van der Waals surface area contributed by atoms with Gasteiger partial charge < -0.3 is 16.4 Å². The molecule has 0 heterocycles. The molecule has 1 aliphatic rings. The Morgan fingerprint density at radius 3 is 2.30 bits per heavy atom. The Morgan fingerprint density at radius 2 is 1.75 bits per heavy atom. The van der Waals surface area contributed by atoms with Crippen molar-refractivity contribution < 1.29 is 0 Å². The molecule has 1 unspecified atom stereocenters. The Balaban J connectivity index is 2.34. The lowest BCUT2D eigenvalue weighted by Crippen LogP contribution is -2.50. The van der Waals surface area contributed by atoms with Crippen molar-refractivity contribution in [2.75, 3.05) is 0 Å². The first-order valence-corrected chi connectivity index (χ1v) is 8.33. The normalized spacial score (nSPS) is 19.4. The fraction of sp³-hybridized carbons (Fsp3) is 0.938. The largest absolute Gasteiger partial charge is 0.354 e. The molecule has 0 aromatic heterocycles. The summed E-state index contributed by atoms with van der Waals surface area (Å²) in [6.07, 6.45) is 9.29. The van der Waals surface area contributed by atoms with Crippen molar-refractivity contribution in [2.24, 2.45) is 16.6 Å². The topological polar surface area (TPSA) is 62.4 Å². The number of aliphatic imine (C=N–C) groups is 1. The van der Waals surface area contributed by atoms with Crippen LogP contribution in [0.1, 0.15) is 72.6 Å². The summed E-state index contributed by atoms with van der Waals surface area (Å²) in [5, 5.41) is 6.67. The SMILES string of the molecule is CC(C)N=C(NC(C)C)NC(N)CCC1CCCCC1. The number of nitrogens with two attached hydrogens (primary N) is 1. The highest BCUT2D eigenvalue weighted by Crippen LogP contribution is 2.27. The molecule has 4 N–H and O–H groups in total. The molecule has 0 radical (unpaired) electrons. The van der Waals surface area contributed by atoms with Crippen molar-refractivity contribution in [3.63, 3.8) is 0 Å². The van der Waals surface area contributed by atoms with Gasteiger partial charge in [-0.05, 0) is 46.5 Å². The summed E-state index contributed by atoms with van der Waals surface area (Å²) in [6, 6.07) is 0.639. The predicted molar refractivity (Wildman–Crippen MR) is 87.8 cm³/mol. The zero-order valence-electron chi connectivity index (χ0n) is 13.8. The van der Waals surface area contributed by atoms with Gasteiger partial charge in [0, 0.05) is 12.1 Å². The molecular formula is C16H34N4. The van der Waals surface area contributed by atoms with Gasteiger partial charge >= 0.3 is 0 Å². The molecule has 1 aliphatic carbocycles. The van der Waals surface area contributed by atoms with E-state index >= 15 is 0 Å². The first-order chi connectivity index (χ1) is 9.47. The van der Waals surface area contributed by atoms with E-state index in [0.717, 1.165) is 18.3 Å². The second-order valence-corrected chi connectivity index (χ2v) is 6.70. The molecule has 0 saturated heterocycles. The average molecular weight is 282 g/mol. The Labute approximate surface area is 125 Å². The van der Waals surface area contributed by atoms with Gasteiger partial charge in [0.2, 0.25) is 0 Å². The molecule has 20 heavy (non-hydrogen) atoms. The Kier molecular flexibility index (Phi) is 7.97. The highest BCUT2D eigenvalue weighted by atomic mass is 15.2. The number of rotatable bonds is 6. The molecule has 0 amide bonds. The van der Waals surface area contributed by atoms with Gasteiger partial charge in [0.1, 0.15) is 0 Å². The fourth-order valence-corrected chi connectivity index (χ4v) is 2.79. The van der Waals surface area contributed by atoms with Crippen molar-refractivity contribution in [3.8, 4) is 0 Å². The van der Waals surface area contributed by atoms with Crippen LogP contribution in [0, 0.1) is 5.92 Å². The minimum atomic E-state index is 0.000626. The lowest BCUT2D eigenvalue weighted by atomic mass is 9.86. The first kappa shape index (κ1) is 17.3. The van der Waals surface area contributed by atoms with E-state index in [1.807, 2.05) is 0 Å². The van der Waals surface area contributed by atoms with E-state index < -0.39 is 0 Å². The first-order valence-electron chi connectivity index (χ1n) is 8.33. The maximum Gasteiger partial charge on any atom is 0.192 e. The monoisotopic (exact) mass is 282 g/mol. The molecule has 1 saturated carbocycles. The van der Waals surface area contributed by atoms with Crippen LogP contribution in [-0.2, 0) is 0 Å². The summed E-state index contributed by atoms with van der Waals surface area (Å²) in [5.41, 5.74) is 6.21. The van der Waals surface area contributed by atoms with Crippen molar-refractivity contribution in [2.45, 2.75) is 90.9 Å². The molecule has 4 nitrogen and oxygen atoms in total. The third-order valence-corrected chi connectivity index (χ3v) is 3.75. The summed E-state index contributed by atoms with van der Waals surface area (Å²) in [7, 11) is 0. The van der Waals surface area contributed by atoms with Crippen LogP contribution in [0.25, 0.3) is 0 Å². The quantitative estimate of drug-likeness (QED) is 0.399. The molecule has 1 fully saturated rings. The molecule has 0 bridgehead atoms. The lowest BCUT2D eigenvalue weighted by molar-refractivity contribution is 0.320. The van der Waals surface area contributed by atoms with Crippen molar-refractivity contribution in [3.05, 3.63) is 0 Å². The van der Waals surface area contributed by atoms with E-state index in [1.54, 1.807) is 0 Å². The summed E-state index contributed by atoms with van der Waals surface area (Å²) in [5.74, 6) is 1.73. The van der Waals surface area contributed by atoms with Gasteiger partial charge in [-0.25, -0.2) is 0 Å². The number of hydrogen-bond donors (Lipinski definition) is 3. The predicted octanol–water partition coefficient (Wildman–Crippen LogP) is 2.98. The smallest absolute Gasteiger partial charge is 0.192 e. The molecule has 1 rings (SSSR count). The van der Waals surface area contributed by atoms with Crippen LogP contribution in [0.2, 0.25) is 0 Å². The molecule has 1 atom stereocenters. The van der Waals surface area contributed by atoms with Gasteiger partial charge in [-0.3, -0.25) is 4.99 Å². The summed E-state index contributed by atoms with van der Waals surface area (Å²) in [4.78, 5) is 4.57. The van der Waals surface area contributed by atoms with E-state index in [-0.39, 0.29) is 12.2 Å². The van der Waals surface area contributed by atoms with Gasteiger partial charge in [-0.15, -0.1) is 0 Å². The minimum absolute atomic E-state index is 0.000626. The lowest BCUT2D eigenvalue weighted by Gasteiger charge is -2.25. The van der Waals surface area contributed by atoms with Gasteiger partial charge in [-0.2, -0.15) is 0 Å². The van der Waals surface area contributed by atoms with Crippen molar-refractivity contribution in [1.82, 2.24) is 10.6 Å². The van der Waals surface area contributed by atoms with Crippen LogP contribution >= 0.6 is 0 Å². The Bertz CT molecular complexity index is 280. The molecule has 118 valence electrons. The van der Waals surface area contributed by atoms with Crippen molar-refractivity contribution in [1.29, 1.82) is 0 Å². The van der Waals surface area contributed by atoms with Crippen LogP contribution in [0.5, 0.6) is 0 Å². The van der Waals surface area contributed by atoms with Gasteiger partial charge in [-0.1, -0.05) is 32.1 Å². The molecule has 0 spiro atoms. The number of guanidine groups is 1. The van der Waals surface area contributed by atoms with E-state index in [0.29, 0.717) is 6.04 Å². The number of nitrogens with zero attached hydrogens (tertiary/aromatic N) is 1. The Hall–Kier alpha value is -0.770. The van der Waals surface area contributed by atoms with E-state index in [1.165, 1.54) is 38.5 Å². The Morgan fingerprint density at radius 1 is 1.10 bits per heavy atom. The molecule has 4 heteroatoms. The third kappa shape index (κ3) is 7.73. The van der Waals surface area contributed by atoms with Crippen LogP contribution in [0.3, 0.4) is 0 Å². The minimum Gasteiger partial charge on any atom is -0.354 e. The maximum atomic E-state index is 6.21. The van der Waals surface area contributed by atoms with Gasteiger partial charge in [0.15, 0.2) is 5.96 Å². The number of hydrogen-bond acceptors (Lipinski definition) is 2.